The van der Waals surface area contributed by atoms with Gasteiger partial charge in [0.2, 0.25) is 0 Å². The van der Waals surface area contributed by atoms with Gasteiger partial charge in [-0.3, -0.25) is 4.79 Å². The maximum absolute atomic E-state index is 12.3. The highest BCUT2D eigenvalue weighted by Gasteiger charge is 2.14. The Hall–Kier alpha value is -2.36. The molecule has 1 aromatic carbocycles. The molecule has 1 aromatic heterocycles. The Balaban J connectivity index is 2.16. The lowest BCUT2D eigenvalue weighted by Crippen LogP contribution is -2.15. The molecule has 0 saturated heterocycles. The lowest BCUT2D eigenvalue weighted by atomic mass is 9.87. The van der Waals surface area contributed by atoms with Crippen molar-refractivity contribution >= 4 is 17.4 Å². The van der Waals surface area contributed by atoms with Crippen LogP contribution in [-0.2, 0) is 5.41 Å². The van der Waals surface area contributed by atoms with Gasteiger partial charge in [0.15, 0.2) is 0 Å². The third-order valence-corrected chi connectivity index (χ3v) is 3.30. The number of nitrogens with one attached hydrogen (secondary N) is 2. The summed E-state index contributed by atoms with van der Waals surface area (Å²) < 4.78 is 0. The summed E-state index contributed by atoms with van der Waals surface area (Å²) in [6.07, 6.45) is 1.65. The average molecular weight is 283 g/mol. The first-order chi connectivity index (χ1) is 9.91. The minimum atomic E-state index is -0.170. The molecule has 0 aliphatic rings. The van der Waals surface area contributed by atoms with Crippen LogP contribution < -0.4 is 10.6 Å². The molecule has 2 aromatic rings. The summed E-state index contributed by atoms with van der Waals surface area (Å²) >= 11 is 0. The van der Waals surface area contributed by atoms with Crippen LogP contribution in [0.15, 0.2) is 42.6 Å². The van der Waals surface area contributed by atoms with E-state index in [2.05, 4.69) is 36.4 Å². The Kier molecular flexibility index (Phi) is 4.26. The first-order valence-electron chi connectivity index (χ1n) is 6.96. The first-order valence-corrected chi connectivity index (χ1v) is 6.96. The van der Waals surface area contributed by atoms with E-state index >= 15 is 0 Å². The lowest BCUT2D eigenvalue weighted by Gasteiger charge is -2.19. The van der Waals surface area contributed by atoms with E-state index in [9.17, 15) is 4.79 Å². The Morgan fingerprint density at radius 2 is 1.76 bits per heavy atom. The van der Waals surface area contributed by atoms with Gasteiger partial charge >= 0.3 is 0 Å². The third-order valence-electron chi connectivity index (χ3n) is 3.30. The van der Waals surface area contributed by atoms with E-state index in [1.165, 1.54) is 5.56 Å². The second kappa shape index (κ2) is 5.95. The molecule has 1 amide bonds. The van der Waals surface area contributed by atoms with Crippen LogP contribution in [0.25, 0.3) is 0 Å². The molecule has 2 N–H and O–H groups in total. The second-order valence-corrected chi connectivity index (χ2v) is 5.93. The Morgan fingerprint density at radius 3 is 2.33 bits per heavy atom. The zero-order valence-electron chi connectivity index (χ0n) is 12.9. The fraction of sp³-hybridized carbons (Fsp3) is 0.294. The Labute approximate surface area is 125 Å². The molecule has 2 rings (SSSR count). The molecule has 0 atom stereocenters. The van der Waals surface area contributed by atoms with E-state index in [4.69, 9.17) is 0 Å². The highest BCUT2D eigenvalue weighted by atomic mass is 16.1. The minimum absolute atomic E-state index is 0.102. The summed E-state index contributed by atoms with van der Waals surface area (Å²) in [5, 5.41) is 5.81. The van der Waals surface area contributed by atoms with E-state index < -0.39 is 0 Å². The van der Waals surface area contributed by atoms with Crippen LogP contribution >= 0.6 is 0 Å². The van der Waals surface area contributed by atoms with Gasteiger partial charge in [-0.05, 0) is 35.2 Å². The Bertz CT molecular complexity index is 627. The minimum Gasteiger partial charge on any atom is -0.372 e. The van der Waals surface area contributed by atoms with Crippen LogP contribution in [0, 0.1) is 0 Å². The van der Waals surface area contributed by atoms with E-state index in [0.29, 0.717) is 11.4 Å². The lowest BCUT2D eigenvalue weighted by molar-refractivity contribution is 0.102. The summed E-state index contributed by atoms with van der Waals surface area (Å²) in [4.78, 5) is 16.4. The molecule has 0 fully saturated rings. The Morgan fingerprint density at radius 1 is 1.10 bits per heavy atom. The van der Waals surface area contributed by atoms with Crippen LogP contribution in [0.4, 0.5) is 11.5 Å². The van der Waals surface area contributed by atoms with Gasteiger partial charge < -0.3 is 10.6 Å². The van der Waals surface area contributed by atoms with Gasteiger partial charge in [-0.15, -0.1) is 0 Å². The number of aromatic nitrogens is 1. The first kappa shape index (κ1) is 15.0. The molecule has 0 bridgehead atoms. The van der Waals surface area contributed by atoms with Crippen molar-refractivity contribution in [3.05, 3.63) is 53.7 Å². The smallest absolute Gasteiger partial charge is 0.259 e. The van der Waals surface area contributed by atoms with Crippen LogP contribution in [0.5, 0.6) is 0 Å². The molecule has 0 saturated carbocycles. The summed E-state index contributed by atoms with van der Waals surface area (Å²) in [5.41, 5.74) is 2.64. The fourth-order valence-electron chi connectivity index (χ4n) is 2.04. The molecule has 110 valence electrons. The SMILES string of the molecule is CNc1ncccc1C(=O)Nc1ccc(C(C)(C)C)cc1. The summed E-state index contributed by atoms with van der Waals surface area (Å²) in [7, 11) is 1.75. The predicted octanol–water partition coefficient (Wildman–Crippen LogP) is 3.67. The second-order valence-electron chi connectivity index (χ2n) is 5.93. The topological polar surface area (TPSA) is 54.0 Å². The van der Waals surface area contributed by atoms with Crippen LogP contribution in [-0.4, -0.2) is 17.9 Å². The van der Waals surface area contributed by atoms with Crippen LogP contribution in [0.2, 0.25) is 0 Å². The van der Waals surface area contributed by atoms with Gasteiger partial charge in [0.25, 0.3) is 5.91 Å². The zero-order chi connectivity index (χ0) is 15.5. The molecule has 4 heteroatoms. The number of hydrogen-bond donors (Lipinski definition) is 2. The molecule has 0 unspecified atom stereocenters. The van der Waals surface area contributed by atoms with Gasteiger partial charge in [0, 0.05) is 18.9 Å². The molecule has 0 radical (unpaired) electrons. The average Bonchev–Trinajstić information content (AvgIpc) is 2.46. The van der Waals surface area contributed by atoms with Crippen molar-refractivity contribution < 1.29 is 4.79 Å². The van der Waals surface area contributed by atoms with Crippen molar-refractivity contribution in [2.75, 3.05) is 17.7 Å². The van der Waals surface area contributed by atoms with Crippen molar-refractivity contribution in [1.29, 1.82) is 0 Å². The molecule has 1 heterocycles. The van der Waals surface area contributed by atoms with E-state index in [0.717, 1.165) is 5.69 Å². The number of rotatable bonds is 3. The predicted molar refractivity (Wildman–Crippen MR) is 86.9 cm³/mol. The van der Waals surface area contributed by atoms with E-state index in [1.54, 1.807) is 25.4 Å². The highest BCUT2D eigenvalue weighted by Crippen LogP contribution is 2.24. The number of anilines is 2. The third kappa shape index (κ3) is 3.60. The van der Waals surface area contributed by atoms with Gasteiger partial charge in [0.1, 0.15) is 5.82 Å². The van der Waals surface area contributed by atoms with Crippen LogP contribution in [0.1, 0.15) is 36.7 Å². The molecule has 0 aliphatic heterocycles. The number of pyridine rings is 1. The van der Waals surface area contributed by atoms with Crippen molar-refractivity contribution in [3.63, 3.8) is 0 Å². The van der Waals surface area contributed by atoms with Gasteiger partial charge in [0.05, 0.1) is 5.56 Å². The number of nitrogens with zero attached hydrogens (tertiary/aromatic N) is 1. The molecule has 21 heavy (non-hydrogen) atoms. The van der Waals surface area contributed by atoms with Crippen molar-refractivity contribution in [2.45, 2.75) is 26.2 Å². The number of carbonyl (C=O) groups is 1. The van der Waals surface area contributed by atoms with Crippen molar-refractivity contribution in [3.8, 4) is 0 Å². The summed E-state index contributed by atoms with van der Waals surface area (Å²) in [6.45, 7) is 6.49. The summed E-state index contributed by atoms with van der Waals surface area (Å²) in [5.74, 6) is 0.400. The van der Waals surface area contributed by atoms with Crippen molar-refractivity contribution in [2.24, 2.45) is 0 Å². The number of benzene rings is 1. The highest BCUT2D eigenvalue weighted by molar-refractivity contribution is 6.07. The normalized spacial score (nSPS) is 11.0. The molecular weight excluding hydrogens is 262 g/mol. The number of carbonyl (C=O) groups excluding carboxylic acids is 1. The molecular formula is C17H21N3O. The maximum Gasteiger partial charge on any atom is 0.259 e. The molecule has 0 spiro atoms. The number of hydrogen-bond acceptors (Lipinski definition) is 3. The standard InChI is InChI=1S/C17H21N3O/c1-17(2,3)12-7-9-13(10-8-12)20-16(21)14-6-5-11-19-15(14)18-4/h5-11H,1-4H3,(H,18,19)(H,20,21). The largest absolute Gasteiger partial charge is 0.372 e. The van der Waals surface area contributed by atoms with E-state index in [1.807, 2.05) is 24.3 Å². The van der Waals surface area contributed by atoms with Crippen LogP contribution in [0.3, 0.4) is 0 Å². The fourth-order valence-corrected chi connectivity index (χ4v) is 2.04. The zero-order valence-corrected chi connectivity index (χ0v) is 12.9. The maximum atomic E-state index is 12.3. The van der Waals surface area contributed by atoms with E-state index in [-0.39, 0.29) is 11.3 Å². The quantitative estimate of drug-likeness (QED) is 0.903. The van der Waals surface area contributed by atoms with Crippen molar-refractivity contribution in [1.82, 2.24) is 4.98 Å². The number of amides is 1. The monoisotopic (exact) mass is 283 g/mol. The molecule has 0 aliphatic carbocycles. The molecule has 4 nitrogen and oxygen atoms in total. The van der Waals surface area contributed by atoms with Gasteiger partial charge in [-0.25, -0.2) is 4.98 Å². The summed E-state index contributed by atoms with van der Waals surface area (Å²) in [6, 6.07) is 11.4. The van der Waals surface area contributed by atoms with Gasteiger partial charge in [-0.2, -0.15) is 0 Å². The van der Waals surface area contributed by atoms with Gasteiger partial charge in [-0.1, -0.05) is 32.9 Å².